The number of nitrogens with zero attached hydrogens (tertiary/aromatic N) is 5. The van der Waals surface area contributed by atoms with Crippen LogP contribution in [-0.4, -0.2) is 63.9 Å². The lowest BCUT2D eigenvalue weighted by Gasteiger charge is -2.36. The molecule has 0 spiro atoms. The Morgan fingerprint density at radius 3 is 2.71 bits per heavy atom. The van der Waals surface area contributed by atoms with Crippen LogP contribution in [-0.2, 0) is 17.9 Å². The van der Waals surface area contributed by atoms with Crippen LogP contribution in [0.2, 0.25) is 5.02 Å². The van der Waals surface area contributed by atoms with Crippen LogP contribution in [0.4, 0.5) is 0 Å². The summed E-state index contributed by atoms with van der Waals surface area (Å²) in [5.74, 6) is 0.897. The van der Waals surface area contributed by atoms with E-state index in [0.29, 0.717) is 31.2 Å². The van der Waals surface area contributed by atoms with Crippen molar-refractivity contribution in [1.29, 1.82) is 0 Å². The van der Waals surface area contributed by atoms with Crippen molar-refractivity contribution in [1.82, 2.24) is 24.7 Å². The predicted molar refractivity (Wildman–Crippen MR) is 122 cm³/mol. The van der Waals surface area contributed by atoms with Gasteiger partial charge in [-0.25, -0.2) is 4.98 Å². The van der Waals surface area contributed by atoms with E-state index in [4.69, 9.17) is 11.6 Å². The lowest BCUT2D eigenvalue weighted by molar-refractivity contribution is -0.135. The molecule has 152 valence electrons. The molecule has 1 aromatic carbocycles. The number of nitrogens with one attached hydrogen (secondary N) is 1. The van der Waals surface area contributed by atoms with Gasteiger partial charge in [-0.15, -0.1) is 24.0 Å². The van der Waals surface area contributed by atoms with Crippen molar-refractivity contribution in [3.8, 4) is 0 Å². The van der Waals surface area contributed by atoms with Gasteiger partial charge in [0.05, 0.1) is 19.4 Å². The molecule has 2 heterocycles. The van der Waals surface area contributed by atoms with Gasteiger partial charge in [0.15, 0.2) is 5.96 Å². The highest BCUT2D eigenvalue weighted by molar-refractivity contribution is 14.0. The number of rotatable bonds is 6. The van der Waals surface area contributed by atoms with E-state index in [1.807, 2.05) is 51.8 Å². The van der Waals surface area contributed by atoms with Gasteiger partial charge < -0.3 is 19.7 Å². The summed E-state index contributed by atoms with van der Waals surface area (Å²) in [6.07, 6.45) is 5.45. The second-order valence-corrected chi connectivity index (χ2v) is 6.84. The summed E-state index contributed by atoms with van der Waals surface area (Å²) in [5.41, 5.74) is 1.09. The van der Waals surface area contributed by atoms with Crippen LogP contribution >= 0.6 is 35.6 Å². The second kappa shape index (κ2) is 11.3. The molecule has 1 amide bonds. The van der Waals surface area contributed by atoms with Crippen LogP contribution in [0, 0.1) is 0 Å². The van der Waals surface area contributed by atoms with Crippen LogP contribution in [0.25, 0.3) is 0 Å². The average Bonchev–Trinajstić information content (AvgIpc) is 3.18. The van der Waals surface area contributed by atoms with E-state index in [1.165, 1.54) is 0 Å². The summed E-state index contributed by atoms with van der Waals surface area (Å²) in [7, 11) is 0. The first kappa shape index (κ1) is 22.5. The van der Waals surface area contributed by atoms with Gasteiger partial charge in [-0.2, -0.15) is 0 Å². The number of carbonyl (C=O) groups excluding carboxylic acids is 1. The molecule has 1 aliphatic heterocycles. The molecule has 3 rings (SSSR count). The predicted octanol–water partition coefficient (Wildman–Crippen LogP) is 2.46. The summed E-state index contributed by atoms with van der Waals surface area (Å²) < 4.78 is 1.99. The molecule has 1 fully saturated rings. The Labute approximate surface area is 187 Å². The van der Waals surface area contributed by atoms with E-state index in [1.54, 1.807) is 12.5 Å². The highest BCUT2D eigenvalue weighted by Gasteiger charge is 2.25. The Balaban J connectivity index is 0.00000280. The van der Waals surface area contributed by atoms with Gasteiger partial charge in [0.25, 0.3) is 0 Å². The van der Waals surface area contributed by atoms with Crippen LogP contribution in [0.3, 0.4) is 0 Å². The molecule has 28 heavy (non-hydrogen) atoms. The molecule has 0 atom stereocenters. The third-order valence-electron chi connectivity index (χ3n) is 4.42. The number of hydrogen-bond donors (Lipinski definition) is 1. The monoisotopic (exact) mass is 516 g/mol. The van der Waals surface area contributed by atoms with Crippen molar-refractivity contribution in [3.05, 3.63) is 53.6 Å². The normalized spacial score (nSPS) is 14.8. The van der Waals surface area contributed by atoms with E-state index in [2.05, 4.69) is 15.3 Å². The van der Waals surface area contributed by atoms with E-state index in [0.717, 1.165) is 31.2 Å². The van der Waals surface area contributed by atoms with E-state index < -0.39 is 0 Å². The zero-order valence-electron chi connectivity index (χ0n) is 15.9. The molecule has 2 aromatic rings. The molecule has 1 N–H and O–H groups in total. The van der Waals surface area contributed by atoms with Gasteiger partial charge in [0.2, 0.25) is 5.91 Å². The fourth-order valence-corrected chi connectivity index (χ4v) is 3.11. The number of imidazole rings is 1. The summed E-state index contributed by atoms with van der Waals surface area (Å²) >= 11 is 5.93. The van der Waals surface area contributed by atoms with Gasteiger partial charge in [0.1, 0.15) is 0 Å². The maximum absolute atomic E-state index is 12.6. The Kier molecular flexibility index (Phi) is 9.04. The molecule has 0 bridgehead atoms. The minimum Gasteiger partial charge on any atom is -0.357 e. The molecule has 0 unspecified atom stereocenters. The standard InChI is InChI=1S/C19H25ClN6O.HI/c1-2-22-19(23-8-10-24-9-7-21-15-24)26-12-11-25(18(27)14-26)13-16-3-5-17(20)6-4-16;/h3-7,9,15H,2,8,10-14H2,1H3,(H,22,23);1H. The Hall–Kier alpha value is -1.81. The van der Waals surface area contributed by atoms with Crippen molar-refractivity contribution in [2.75, 3.05) is 32.7 Å². The van der Waals surface area contributed by atoms with E-state index >= 15 is 0 Å². The molecule has 1 saturated heterocycles. The number of guanidine groups is 1. The lowest BCUT2D eigenvalue weighted by atomic mass is 10.2. The van der Waals surface area contributed by atoms with Crippen molar-refractivity contribution in [2.45, 2.75) is 20.0 Å². The number of amides is 1. The number of piperazine rings is 1. The molecule has 0 saturated carbocycles. The van der Waals surface area contributed by atoms with Gasteiger partial charge in [-0.1, -0.05) is 23.7 Å². The summed E-state index contributed by atoms with van der Waals surface area (Å²) in [4.78, 5) is 25.2. The van der Waals surface area contributed by atoms with Crippen molar-refractivity contribution < 1.29 is 4.79 Å². The number of aromatic nitrogens is 2. The summed E-state index contributed by atoms with van der Waals surface area (Å²) in [6.45, 7) is 6.58. The first-order valence-corrected chi connectivity index (χ1v) is 9.54. The Morgan fingerprint density at radius 1 is 1.29 bits per heavy atom. The van der Waals surface area contributed by atoms with Crippen LogP contribution in [0.1, 0.15) is 12.5 Å². The minimum absolute atomic E-state index is 0. The minimum atomic E-state index is 0. The first-order valence-electron chi connectivity index (χ1n) is 9.17. The van der Waals surface area contributed by atoms with Gasteiger partial charge in [-0.05, 0) is 24.6 Å². The maximum atomic E-state index is 12.6. The zero-order chi connectivity index (χ0) is 19.1. The quantitative estimate of drug-likeness (QED) is 0.364. The number of aliphatic imine (C=N–C) groups is 1. The largest absolute Gasteiger partial charge is 0.357 e. The zero-order valence-corrected chi connectivity index (χ0v) is 19.0. The van der Waals surface area contributed by atoms with E-state index in [9.17, 15) is 4.79 Å². The lowest BCUT2D eigenvalue weighted by Crippen LogP contribution is -2.55. The third kappa shape index (κ3) is 6.37. The van der Waals surface area contributed by atoms with Crippen LogP contribution in [0.5, 0.6) is 0 Å². The Morgan fingerprint density at radius 2 is 2.07 bits per heavy atom. The third-order valence-corrected chi connectivity index (χ3v) is 4.67. The maximum Gasteiger partial charge on any atom is 0.242 e. The molecule has 7 nitrogen and oxygen atoms in total. The molecule has 1 aliphatic rings. The molecule has 1 aromatic heterocycles. The number of carbonyl (C=O) groups is 1. The van der Waals surface area contributed by atoms with Gasteiger partial charge in [-0.3, -0.25) is 9.79 Å². The number of hydrogen-bond acceptors (Lipinski definition) is 3. The highest BCUT2D eigenvalue weighted by atomic mass is 127. The van der Waals surface area contributed by atoms with E-state index in [-0.39, 0.29) is 29.9 Å². The van der Waals surface area contributed by atoms with Crippen molar-refractivity contribution >= 4 is 47.4 Å². The fourth-order valence-electron chi connectivity index (χ4n) is 2.98. The molecule has 0 radical (unpaired) electrons. The smallest absolute Gasteiger partial charge is 0.242 e. The summed E-state index contributed by atoms with van der Waals surface area (Å²) in [6, 6.07) is 7.63. The Bertz CT molecular complexity index is 765. The summed E-state index contributed by atoms with van der Waals surface area (Å²) in [5, 5.41) is 4.00. The first-order chi connectivity index (χ1) is 13.2. The number of benzene rings is 1. The molecule has 0 aliphatic carbocycles. The van der Waals surface area contributed by atoms with Gasteiger partial charge in [0, 0.05) is 50.1 Å². The molecule has 9 heteroatoms. The van der Waals surface area contributed by atoms with Crippen molar-refractivity contribution in [3.63, 3.8) is 0 Å². The van der Waals surface area contributed by atoms with Crippen LogP contribution < -0.4 is 5.32 Å². The second-order valence-electron chi connectivity index (χ2n) is 6.40. The average molecular weight is 517 g/mol. The number of halogens is 2. The topological polar surface area (TPSA) is 65.8 Å². The van der Waals surface area contributed by atoms with Crippen LogP contribution in [0.15, 0.2) is 48.0 Å². The van der Waals surface area contributed by atoms with Crippen molar-refractivity contribution in [2.24, 2.45) is 4.99 Å². The molecular weight excluding hydrogens is 491 g/mol. The van der Waals surface area contributed by atoms with Gasteiger partial charge >= 0.3 is 0 Å². The SMILES string of the molecule is CCNC(=NCCn1ccnc1)N1CCN(Cc2ccc(Cl)cc2)C(=O)C1.I. The molecular formula is C19H26ClIN6O. The highest BCUT2D eigenvalue weighted by Crippen LogP contribution is 2.13. The fraction of sp³-hybridized carbons (Fsp3) is 0.421.